The molecule has 2 unspecified atom stereocenters. The standard InChI is InChI=1S/C13H24N2O2S/c1-5-17-11-6-10(13(11,2)3)15(4)12(16)9-7-18-8-14-9/h9-11,14H,5-8H2,1-4H3/t9-,10?,11?/m1/s1. The Bertz CT molecular complexity index is 316. The van der Waals surface area contributed by atoms with E-state index in [9.17, 15) is 4.79 Å². The maximum absolute atomic E-state index is 12.3. The Morgan fingerprint density at radius 2 is 2.28 bits per heavy atom. The highest BCUT2D eigenvalue weighted by Gasteiger charge is 2.52. The molecule has 1 amide bonds. The monoisotopic (exact) mass is 272 g/mol. The first-order valence-electron chi connectivity index (χ1n) is 6.67. The first-order valence-corrected chi connectivity index (χ1v) is 7.83. The van der Waals surface area contributed by atoms with Crippen LogP contribution in [-0.4, -0.2) is 54.3 Å². The number of hydrogen-bond acceptors (Lipinski definition) is 4. The number of likely N-dealkylation sites (N-methyl/N-ethyl adjacent to an activating group) is 1. The molecule has 4 nitrogen and oxygen atoms in total. The SMILES string of the molecule is CCOC1CC(N(C)C(=O)[C@H]2CSCN2)C1(C)C. The summed E-state index contributed by atoms with van der Waals surface area (Å²) in [5.74, 6) is 2.01. The van der Waals surface area contributed by atoms with Gasteiger partial charge in [-0.1, -0.05) is 13.8 Å². The number of rotatable bonds is 4. The molecule has 0 aromatic heterocycles. The smallest absolute Gasteiger partial charge is 0.240 e. The number of hydrogen-bond donors (Lipinski definition) is 1. The Morgan fingerprint density at radius 1 is 1.56 bits per heavy atom. The molecular weight excluding hydrogens is 248 g/mol. The zero-order valence-electron chi connectivity index (χ0n) is 11.7. The van der Waals surface area contributed by atoms with E-state index in [1.54, 1.807) is 11.8 Å². The summed E-state index contributed by atoms with van der Waals surface area (Å²) in [5.41, 5.74) is 0.0617. The quantitative estimate of drug-likeness (QED) is 0.838. The van der Waals surface area contributed by atoms with E-state index in [4.69, 9.17) is 4.74 Å². The molecule has 0 spiro atoms. The topological polar surface area (TPSA) is 41.6 Å². The Labute approximate surface area is 114 Å². The van der Waals surface area contributed by atoms with Crippen molar-refractivity contribution in [1.82, 2.24) is 10.2 Å². The number of nitrogens with zero attached hydrogens (tertiary/aromatic N) is 1. The molecule has 1 heterocycles. The van der Waals surface area contributed by atoms with E-state index in [1.807, 2.05) is 18.9 Å². The fourth-order valence-corrected chi connectivity index (χ4v) is 3.89. The molecule has 2 rings (SSSR count). The molecule has 5 heteroatoms. The fraction of sp³-hybridized carbons (Fsp3) is 0.923. The van der Waals surface area contributed by atoms with Gasteiger partial charge in [-0.05, 0) is 13.3 Å². The second kappa shape index (κ2) is 5.39. The minimum Gasteiger partial charge on any atom is -0.378 e. The van der Waals surface area contributed by atoms with Gasteiger partial charge < -0.3 is 9.64 Å². The van der Waals surface area contributed by atoms with Crippen molar-refractivity contribution < 1.29 is 9.53 Å². The van der Waals surface area contributed by atoms with Crippen molar-refractivity contribution in [2.75, 3.05) is 25.3 Å². The summed E-state index contributed by atoms with van der Waals surface area (Å²) in [6, 6.07) is 0.302. The highest BCUT2D eigenvalue weighted by Crippen LogP contribution is 2.45. The van der Waals surface area contributed by atoms with Crippen LogP contribution in [0.2, 0.25) is 0 Å². The van der Waals surface area contributed by atoms with E-state index in [1.165, 1.54) is 0 Å². The summed E-state index contributed by atoms with van der Waals surface area (Å²) >= 11 is 1.79. The highest BCUT2D eigenvalue weighted by atomic mass is 32.2. The molecule has 18 heavy (non-hydrogen) atoms. The molecule has 2 aliphatic rings. The third-order valence-electron chi connectivity index (χ3n) is 4.32. The molecule has 1 N–H and O–H groups in total. The summed E-state index contributed by atoms with van der Waals surface area (Å²) in [6.45, 7) is 7.17. The summed E-state index contributed by atoms with van der Waals surface area (Å²) in [6.07, 6.45) is 1.25. The summed E-state index contributed by atoms with van der Waals surface area (Å²) in [7, 11) is 1.93. The van der Waals surface area contributed by atoms with Crippen molar-refractivity contribution in [2.45, 2.75) is 45.4 Å². The number of nitrogens with one attached hydrogen (secondary N) is 1. The minimum absolute atomic E-state index is 0.00180. The van der Waals surface area contributed by atoms with Crippen LogP contribution in [0.3, 0.4) is 0 Å². The van der Waals surface area contributed by atoms with Crippen LogP contribution in [-0.2, 0) is 9.53 Å². The molecule has 1 aliphatic carbocycles. The Balaban J connectivity index is 1.94. The lowest BCUT2D eigenvalue weighted by Gasteiger charge is -2.55. The van der Waals surface area contributed by atoms with Crippen molar-refractivity contribution in [3.8, 4) is 0 Å². The van der Waals surface area contributed by atoms with Crippen LogP contribution in [0.25, 0.3) is 0 Å². The molecule has 1 aliphatic heterocycles. The molecule has 1 saturated heterocycles. The first-order chi connectivity index (χ1) is 8.48. The van der Waals surface area contributed by atoms with Crippen molar-refractivity contribution in [3.05, 3.63) is 0 Å². The summed E-state index contributed by atoms with van der Waals surface area (Å²) < 4.78 is 5.72. The van der Waals surface area contributed by atoms with Crippen LogP contribution in [0.5, 0.6) is 0 Å². The first kappa shape index (κ1) is 14.2. The van der Waals surface area contributed by atoms with E-state index in [2.05, 4.69) is 19.2 Å². The molecule has 2 fully saturated rings. The number of ether oxygens (including phenoxy) is 1. The number of carbonyl (C=O) groups excluding carboxylic acids is 1. The molecule has 0 radical (unpaired) electrons. The maximum Gasteiger partial charge on any atom is 0.240 e. The van der Waals surface area contributed by atoms with Gasteiger partial charge in [0.2, 0.25) is 5.91 Å². The van der Waals surface area contributed by atoms with Crippen LogP contribution in [0.4, 0.5) is 0 Å². The lowest BCUT2D eigenvalue weighted by molar-refractivity contribution is -0.164. The molecule has 0 aromatic rings. The highest BCUT2D eigenvalue weighted by molar-refractivity contribution is 7.99. The van der Waals surface area contributed by atoms with E-state index in [0.29, 0.717) is 6.04 Å². The van der Waals surface area contributed by atoms with Crippen molar-refractivity contribution in [1.29, 1.82) is 0 Å². The van der Waals surface area contributed by atoms with E-state index in [-0.39, 0.29) is 23.5 Å². The van der Waals surface area contributed by atoms with E-state index in [0.717, 1.165) is 24.7 Å². The second-order valence-electron chi connectivity index (χ2n) is 5.74. The Hall–Kier alpha value is -0.260. The van der Waals surface area contributed by atoms with Gasteiger partial charge >= 0.3 is 0 Å². The van der Waals surface area contributed by atoms with Gasteiger partial charge in [0, 0.05) is 36.7 Å². The molecule has 1 saturated carbocycles. The van der Waals surface area contributed by atoms with Gasteiger partial charge in [0.05, 0.1) is 12.1 Å². The summed E-state index contributed by atoms with van der Waals surface area (Å²) in [4.78, 5) is 14.3. The number of thioether (sulfide) groups is 1. The van der Waals surface area contributed by atoms with Crippen LogP contribution in [0.1, 0.15) is 27.2 Å². The average Bonchev–Trinajstić information content (AvgIpc) is 2.86. The van der Waals surface area contributed by atoms with Gasteiger partial charge in [-0.2, -0.15) is 0 Å². The second-order valence-corrected chi connectivity index (χ2v) is 6.77. The van der Waals surface area contributed by atoms with Gasteiger partial charge in [-0.25, -0.2) is 0 Å². The van der Waals surface area contributed by atoms with Crippen LogP contribution in [0.15, 0.2) is 0 Å². The zero-order valence-corrected chi connectivity index (χ0v) is 12.5. The van der Waals surface area contributed by atoms with Gasteiger partial charge in [0.1, 0.15) is 0 Å². The lowest BCUT2D eigenvalue weighted by Crippen LogP contribution is -2.64. The van der Waals surface area contributed by atoms with E-state index < -0.39 is 0 Å². The summed E-state index contributed by atoms with van der Waals surface area (Å²) in [5, 5.41) is 3.24. The lowest BCUT2D eigenvalue weighted by atomic mass is 9.63. The van der Waals surface area contributed by atoms with Crippen molar-refractivity contribution in [2.24, 2.45) is 5.41 Å². The normalized spacial score (nSPS) is 34.1. The van der Waals surface area contributed by atoms with Crippen LogP contribution in [0, 0.1) is 5.41 Å². The van der Waals surface area contributed by atoms with E-state index >= 15 is 0 Å². The van der Waals surface area contributed by atoms with Crippen molar-refractivity contribution >= 4 is 17.7 Å². The Kier molecular flexibility index (Phi) is 4.24. The molecular formula is C13H24N2O2S. The molecule has 0 bridgehead atoms. The van der Waals surface area contributed by atoms with Crippen molar-refractivity contribution in [3.63, 3.8) is 0 Å². The molecule has 0 aromatic carbocycles. The largest absolute Gasteiger partial charge is 0.378 e. The minimum atomic E-state index is 0.00180. The predicted molar refractivity (Wildman–Crippen MR) is 74.6 cm³/mol. The fourth-order valence-electron chi connectivity index (χ4n) is 2.96. The molecule has 104 valence electrons. The number of amides is 1. The zero-order chi connectivity index (χ0) is 13.3. The van der Waals surface area contributed by atoms with Gasteiger partial charge in [-0.15, -0.1) is 11.8 Å². The van der Waals surface area contributed by atoms with Gasteiger partial charge in [0.25, 0.3) is 0 Å². The third-order valence-corrected chi connectivity index (χ3v) is 5.26. The number of carbonyl (C=O) groups is 1. The Morgan fingerprint density at radius 3 is 2.78 bits per heavy atom. The van der Waals surface area contributed by atoms with Crippen LogP contribution >= 0.6 is 11.8 Å². The maximum atomic E-state index is 12.3. The van der Waals surface area contributed by atoms with Gasteiger partial charge in [0.15, 0.2) is 0 Å². The average molecular weight is 272 g/mol. The van der Waals surface area contributed by atoms with Gasteiger partial charge in [-0.3, -0.25) is 10.1 Å². The molecule has 3 atom stereocenters. The third kappa shape index (κ3) is 2.40. The predicted octanol–water partition coefficient (Wildman–Crippen LogP) is 1.31. The van der Waals surface area contributed by atoms with Crippen LogP contribution < -0.4 is 5.32 Å².